The smallest absolute Gasteiger partial charge is 0.354 e. The molecule has 1 aromatic carbocycles. The third-order valence-corrected chi connectivity index (χ3v) is 3.00. The van der Waals surface area contributed by atoms with Gasteiger partial charge in [0.25, 0.3) is 0 Å². The number of rotatable bonds is 4. The fraction of sp³-hybridized carbons (Fsp3) is 0.214. The molecule has 2 rings (SSSR count). The fourth-order valence-electron chi connectivity index (χ4n) is 1.95. The van der Waals surface area contributed by atoms with Gasteiger partial charge in [-0.2, -0.15) is 5.26 Å². The molecule has 0 amide bonds. The summed E-state index contributed by atoms with van der Waals surface area (Å²) in [5.41, 5.74) is 1.41. The molecular formula is C14H13N3O3. The maximum Gasteiger partial charge on any atom is 0.354 e. The number of carbonyl (C=O) groups is 1. The summed E-state index contributed by atoms with van der Waals surface area (Å²) in [5, 5.41) is 18.0. The standard InChI is InChI=1S/C14H13N3O3/c1-9-16-7-12(14(18)19)17(9)8-10-3-4-11(6-15)13(5-10)20-2/h3-5,7H,8H2,1-2H3,(H,18,19). The minimum Gasteiger partial charge on any atom is -0.495 e. The summed E-state index contributed by atoms with van der Waals surface area (Å²) in [4.78, 5) is 15.1. The Morgan fingerprint density at radius 3 is 2.90 bits per heavy atom. The Kier molecular flexibility index (Phi) is 3.71. The molecule has 0 atom stereocenters. The van der Waals surface area contributed by atoms with Crippen LogP contribution in [0.2, 0.25) is 0 Å². The third kappa shape index (κ3) is 2.47. The monoisotopic (exact) mass is 271 g/mol. The molecule has 1 N–H and O–H groups in total. The van der Waals surface area contributed by atoms with Crippen LogP contribution < -0.4 is 4.74 Å². The van der Waals surface area contributed by atoms with Crippen molar-refractivity contribution < 1.29 is 14.6 Å². The lowest BCUT2D eigenvalue weighted by Gasteiger charge is -2.10. The number of carboxylic acid groups (broad SMARTS) is 1. The summed E-state index contributed by atoms with van der Waals surface area (Å²) in [6.07, 6.45) is 1.33. The van der Waals surface area contributed by atoms with Crippen LogP contribution >= 0.6 is 0 Å². The van der Waals surface area contributed by atoms with E-state index in [0.29, 0.717) is 23.7 Å². The SMILES string of the molecule is COc1cc(Cn2c(C(=O)O)cnc2C)ccc1C#N. The van der Waals surface area contributed by atoms with Crippen LogP contribution in [0.15, 0.2) is 24.4 Å². The number of hydrogen-bond donors (Lipinski definition) is 1. The number of aromatic nitrogens is 2. The number of aryl methyl sites for hydroxylation is 1. The van der Waals surface area contributed by atoms with Crippen LogP contribution in [0.4, 0.5) is 0 Å². The summed E-state index contributed by atoms with van der Waals surface area (Å²) >= 11 is 0. The average Bonchev–Trinajstić information content (AvgIpc) is 2.80. The molecule has 0 saturated carbocycles. The molecule has 6 heteroatoms. The molecule has 102 valence electrons. The van der Waals surface area contributed by atoms with Gasteiger partial charge in [-0.15, -0.1) is 0 Å². The fourth-order valence-corrected chi connectivity index (χ4v) is 1.95. The summed E-state index contributed by atoms with van der Waals surface area (Å²) < 4.78 is 6.74. The Hall–Kier alpha value is -2.81. The van der Waals surface area contributed by atoms with E-state index in [4.69, 9.17) is 15.1 Å². The number of nitrogens with zero attached hydrogens (tertiary/aromatic N) is 3. The second kappa shape index (κ2) is 5.45. The van der Waals surface area contributed by atoms with Crippen molar-refractivity contribution in [3.05, 3.63) is 47.0 Å². The number of carboxylic acids is 1. The van der Waals surface area contributed by atoms with Crippen molar-refractivity contribution in [1.29, 1.82) is 5.26 Å². The van der Waals surface area contributed by atoms with Gasteiger partial charge in [0, 0.05) is 6.54 Å². The maximum absolute atomic E-state index is 11.1. The van der Waals surface area contributed by atoms with Crippen molar-refractivity contribution in [2.45, 2.75) is 13.5 Å². The predicted octanol–water partition coefficient (Wildman–Crippen LogP) is 1.82. The van der Waals surface area contributed by atoms with Crippen molar-refractivity contribution >= 4 is 5.97 Å². The topological polar surface area (TPSA) is 88.1 Å². The van der Waals surface area contributed by atoms with Crippen LogP contribution in [0.25, 0.3) is 0 Å². The van der Waals surface area contributed by atoms with Crippen LogP contribution in [0.5, 0.6) is 5.75 Å². The summed E-state index contributed by atoms with van der Waals surface area (Å²) in [6.45, 7) is 2.10. The van der Waals surface area contributed by atoms with Gasteiger partial charge in [0.15, 0.2) is 0 Å². The Morgan fingerprint density at radius 1 is 1.55 bits per heavy atom. The molecule has 20 heavy (non-hydrogen) atoms. The molecule has 0 bridgehead atoms. The van der Waals surface area contributed by atoms with Crippen molar-refractivity contribution in [2.75, 3.05) is 7.11 Å². The molecule has 0 aliphatic carbocycles. The first-order valence-electron chi connectivity index (χ1n) is 5.89. The van der Waals surface area contributed by atoms with Crippen LogP contribution in [0.3, 0.4) is 0 Å². The molecule has 0 aliphatic heterocycles. The molecule has 0 spiro atoms. The summed E-state index contributed by atoms with van der Waals surface area (Å²) in [5.74, 6) is 0.0663. The van der Waals surface area contributed by atoms with E-state index in [9.17, 15) is 4.79 Å². The number of nitriles is 1. The van der Waals surface area contributed by atoms with Gasteiger partial charge in [0.1, 0.15) is 23.3 Å². The van der Waals surface area contributed by atoms with E-state index in [2.05, 4.69) is 4.98 Å². The number of benzene rings is 1. The molecular weight excluding hydrogens is 258 g/mol. The van der Waals surface area contributed by atoms with Crippen LogP contribution in [-0.4, -0.2) is 27.7 Å². The number of hydrogen-bond acceptors (Lipinski definition) is 4. The van der Waals surface area contributed by atoms with Crippen LogP contribution in [-0.2, 0) is 6.54 Å². The van der Waals surface area contributed by atoms with E-state index >= 15 is 0 Å². The van der Waals surface area contributed by atoms with Gasteiger partial charge >= 0.3 is 5.97 Å². The molecule has 0 aliphatic rings. The average molecular weight is 271 g/mol. The minimum atomic E-state index is -1.02. The number of ether oxygens (including phenoxy) is 1. The zero-order valence-corrected chi connectivity index (χ0v) is 11.1. The van der Waals surface area contributed by atoms with Gasteiger partial charge in [-0.1, -0.05) is 6.07 Å². The van der Waals surface area contributed by atoms with Gasteiger partial charge < -0.3 is 14.4 Å². The van der Waals surface area contributed by atoms with Gasteiger partial charge in [-0.05, 0) is 24.6 Å². The van der Waals surface area contributed by atoms with Gasteiger partial charge in [0.05, 0.1) is 18.9 Å². The highest BCUT2D eigenvalue weighted by molar-refractivity contribution is 5.85. The first kappa shape index (κ1) is 13.6. The molecule has 0 radical (unpaired) electrons. The molecule has 0 fully saturated rings. The van der Waals surface area contributed by atoms with Gasteiger partial charge in [-0.3, -0.25) is 0 Å². The van der Waals surface area contributed by atoms with Crippen molar-refractivity contribution in [2.24, 2.45) is 0 Å². The second-order valence-electron chi connectivity index (χ2n) is 4.23. The van der Waals surface area contributed by atoms with Gasteiger partial charge in [0.2, 0.25) is 0 Å². The number of aromatic carboxylic acids is 1. The molecule has 1 heterocycles. The van der Waals surface area contributed by atoms with Crippen molar-refractivity contribution in [1.82, 2.24) is 9.55 Å². The van der Waals surface area contributed by atoms with E-state index < -0.39 is 5.97 Å². The van der Waals surface area contributed by atoms with Crippen LogP contribution in [0, 0.1) is 18.3 Å². The van der Waals surface area contributed by atoms with E-state index in [1.165, 1.54) is 13.3 Å². The molecule has 2 aromatic rings. The van der Waals surface area contributed by atoms with E-state index in [-0.39, 0.29) is 5.69 Å². The van der Waals surface area contributed by atoms with E-state index in [1.54, 1.807) is 29.7 Å². The normalized spacial score (nSPS) is 10.1. The number of imidazole rings is 1. The number of methoxy groups -OCH3 is 1. The molecule has 6 nitrogen and oxygen atoms in total. The van der Waals surface area contributed by atoms with E-state index in [1.807, 2.05) is 6.07 Å². The van der Waals surface area contributed by atoms with Crippen LogP contribution in [0.1, 0.15) is 27.4 Å². The molecule has 0 unspecified atom stereocenters. The van der Waals surface area contributed by atoms with Gasteiger partial charge in [-0.25, -0.2) is 9.78 Å². The summed E-state index contributed by atoms with van der Waals surface area (Å²) in [7, 11) is 1.49. The zero-order chi connectivity index (χ0) is 14.7. The largest absolute Gasteiger partial charge is 0.495 e. The highest BCUT2D eigenvalue weighted by Crippen LogP contribution is 2.20. The highest BCUT2D eigenvalue weighted by atomic mass is 16.5. The Labute approximate surface area is 115 Å². The van der Waals surface area contributed by atoms with E-state index in [0.717, 1.165) is 5.56 Å². The first-order valence-corrected chi connectivity index (χ1v) is 5.89. The second-order valence-corrected chi connectivity index (χ2v) is 4.23. The maximum atomic E-state index is 11.1. The lowest BCUT2D eigenvalue weighted by molar-refractivity contribution is 0.0685. The quantitative estimate of drug-likeness (QED) is 0.916. The summed E-state index contributed by atoms with van der Waals surface area (Å²) in [6, 6.07) is 7.18. The van der Waals surface area contributed by atoms with Crippen molar-refractivity contribution in [3.63, 3.8) is 0 Å². The third-order valence-electron chi connectivity index (χ3n) is 3.00. The lowest BCUT2D eigenvalue weighted by Crippen LogP contribution is -2.11. The predicted molar refractivity (Wildman–Crippen MR) is 70.7 cm³/mol. The lowest BCUT2D eigenvalue weighted by atomic mass is 10.1. The Bertz CT molecular complexity index is 698. The molecule has 0 saturated heterocycles. The van der Waals surface area contributed by atoms with Crippen molar-refractivity contribution in [3.8, 4) is 11.8 Å². The Balaban J connectivity index is 2.38. The zero-order valence-electron chi connectivity index (χ0n) is 11.1. The Morgan fingerprint density at radius 2 is 2.30 bits per heavy atom. The minimum absolute atomic E-state index is 0.130. The highest BCUT2D eigenvalue weighted by Gasteiger charge is 2.14. The molecule has 1 aromatic heterocycles. The first-order chi connectivity index (χ1) is 9.56.